The number of benzene rings is 1. The SMILES string of the molecule is COc1ccccc1CC(CNC(=O)Cc1csc(C(C)(C)C)n1)C(=O)O. The van der Waals surface area contributed by atoms with E-state index in [1.165, 1.54) is 11.3 Å². The van der Waals surface area contributed by atoms with E-state index in [1.54, 1.807) is 13.2 Å². The summed E-state index contributed by atoms with van der Waals surface area (Å²) >= 11 is 1.53. The number of hydrogen-bond acceptors (Lipinski definition) is 5. The second kappa shape index (κ2) is 8.99. The third-order valence-corrected chi connectivity index (χ3v) is 5.41. The first kappa shape index (κ1) is 20.9. The minimum Gasteiger partial charge on any atom is -0.496 e. The molecule has 0 bridgehead atoms. The molecule has 0 radical (unpaired) electrons. The second-order valence-electron chi connectivity index (χ2n) is 7.43. The number of nitrogens with zero attached hydrogens (tertiary/aromatic N) is 1. The number of aliphatic carboxylic acids is 1. The Hall–Kier alpha value is -2.41. The molecule has 2 N–H and O–H groups in total. The summed E-state index contributed by atoms with van der Waals surface area (Å²) in [4.78, 5) is 28.3. The normalized spacial score (nSPS) is 12.4. The van der Waals surface area contributed by atoms with Gasteiger partial charge in [-0.3, -0.25) is 9.59 Å². The van der Waals surface area contributed by atoms with Gasteiger partial charge in [-0.15, -0.1) is 11.3 Å². The zero-order chi connectivity index (χ0) is 20.0. The summed E-state index contributed by atoms with van der Waals surface area (Å²) in [7, 11) is 1.55. The van der Waals surface area contributed by atoms with E-state index in [1.807, 2.05) is 23.6 Å². The highest BCUT2D eigenvalue weighted by Crippen LogP contribution is 2.25. The molecule has 0 saturated carbocycles. The Kier molecular flexibility index (Phi) is 6.96. The molecule has 1 aromatic heterocycles. The Morgan fingerprint density at radius 2 is 2.00 bits per heavy atom. The number of hydrogen-bond donors (Lipinski definition) is 2. The molecule has 0 aliphatic heterocycles. The molecule has 0 fully saturated rings. The lowest BCUT2D eigenvalue weighted by atomic mass is 9.98. The highest BCUT2D eigenvalue weighted by molar-refractivity contribution is 7.09. The molecule has 2 rings (SSSR count). The van der Waals surface area contributed by atoms with E-state index in [9.17, 15) is 14.7 Å². The van der Waals surface area contributed by atoms with Crippen molar-refractivity contribution < 1.29 is 19.4 Å². The lowest BCUT2D eigenvalue weighted by Gasteiger charge is -2.15. The van der Waals surface area contributed by atoms with Crippen molar-refractivity contribution in [2.24, 2.45) is 5.92 Å². The highest BCUT2D eigenvalue weighted by Gasteiger charge is 2.22. The van der Waals surface area contributed by atoms with Gasteiger partial charge in [-0.05, 0) is 18.1 Å². The van der Waals surface area contributed by atoms with Gasteiger partial charge in [0.15, 0.2) is 0 Å². The highest BCUT2D eigenvalue weighted by atomic mass is 32.1. The summed E-state index contributed by atoms with van der Waals surface area (Å²) < 4.78 is 5.27. The number of amides is 1. The van der Waals surface area contributed by atoms with E-state index in [0.29, 0.717) is 11.4 Å². The number of carbonyl (C=O) groups excluding carboxylic acids is 1. The summed E-state index contributed by atoms with van der Waals surface area (Å²) in [5.41, 5.74) is 1.46. The van der Waals surface area contributed by atoms with E-state index in [-0.39, 0.29) is 30.7 Å². The third kappa shape index (κ3) is 6.06. The van der Waals surface area contributed by atoms with Gasteiger partial charge >= 0.3 is 5.97 Å². The molecule has 0 spiro atoms. The first-order chi connectivity index (χ1) is 12.7. The van der Waals surface area contributed by atoms with E-state index in [2.05, 4.69) is 31.1 Å². The van der Waals surface area contributed by atoms with Crippen molar-refractivity contribution in [1.82, 2.24) is 10.3 Å². The Morgan fingerprint density at radius 3 is 2.59 bits per heavy atom. The molecule has 1 unspecified atom stereocenters. The van der Waals surface area contributed by atoms with Gasteiger partial charge in [0.25, 0.3) is 0 Å². The van der Waals surface area contributed by atoms with Crippen LogP contribution in [-0.4, -0.2) is 35.6 Å². The van der Waals surface area contributed by atoms with Crippen LogP contribution in [0.5, 0.6) is 5.75 Å². The van der Waals surface area contributed by atoms with Crippen molar-refractivity contribution >= 4 is 23.2 Å². The van der Waals surface area contributed by atoms with Gasteiger partial charge in [0.2, 0.25) is 5.91 Å². The van der Waals surface area contributed by atoms with Crippen molar-refractivity contribution in [3.63, 3.8) is 0 Å². The number of aromatic nitrogens is 1. The van der Waals surface area contributed by atoms with Gasteiger partial charge < -0.3 is 15.2 Å². The Bertz CT molecular complexity index is 795. The first-order valence-electron chi connectivity index (χ1n) is 8.77. The average Bonchev–Trinajstić information content (AvgIpc) is 3.07. The van der Waals surface area contributed by atoms with Crippen LogP contribution in [0.1, 0.15) is 37.0 Å². The van der Waals surface area contributed by atoms with E-state index in [4.69, 9.17) is 4.74 Å². The minimum absolute atomic E-state index is 0.0530. The number of carbonyl (C=O) groups is 2. The summed E-state index contributed by atoms with van der Waals surface area (Å²) in [6.07, 6.45) is 0.429. The monoisotopic (exact) mass is 390 g/mol. The second-order valence-corrected chi connectivity index (χ2v) is 8.28. The number of methoxy groups -OCH3 is 1. The molecule has 27 heavy (non-hydrogen) atoms. The predicted octanol–water partition coefficient (Wildman–Crippen LogP) is 3.05. The summed E-state index contributed by atoms with van der Waals surface area (Å²) in [5.74, 6) is -1.27. The van der Waals surface area contributed by atoms with Crippen LogP contribution in [0.2, 0.25) is 0 Å². The zero-order valence-electron chi connectivity index (χ0n) is 16.1. The molecule has 0 saturated heterocycles. The Morgan fingerprint density at radius 1 is 1.30 bits per heavy atom. The molecule has 2 aromatic rings. The number of para-hydroxylation sites is 1. The zero-order valence-corrected chi connectivity index (χ0v) is 16.9. The number of ether oxygens (including phenoxy) is 1. The minimum atomic E-state index is -0.954. The standard InChI is InChI=1S/C20H26N2O4S/c1-20(2,3)19-22-15(12-27-19)10-17(23)21-11-14(18(24)25)9-13-7-5-6-8-16(13)26-4/h5-8,12,14H,9-11H2,1-4H3,(H,21,23)(H,24,25). The fourth-order valence-electron chi connectivity index (χ4n) is 2.58. The molecule has 0 aliphatic carbocycles. The van der Waals surface area contributed by atoms with E-state index < -0.39 is 11.9 Å². The fourth-order valence-corrected chi connectivity index (χ4v) is 3.49. The van der Waals surface area contributed by atoms with Crippen molar-refractivity contribution in [2.45, 2.75) is 39.0 Å². The van der Waals surface area contributed by atoms with Gasteiger partial charge in [-0.1, -0.05) is 39.0 Å². The van der Waals surface area contributed by atoms with Crippen LogP contribution >= 0.6 is 11.3 Å². The largest absolute Gasteiger partial charge is 0.496 e. The number of nitrogens with one attached hydrogen (secondary N) is 1. The number of rotatable bonds is 8. The number of carboxylic acid groups (broad SMARTS) is 1. The van der Waals surface area contributed by atoms with Gasteiger partial charge in [-0.2, -0.15) is 0 Å². The summed E-state index contributed by atoms with van der Waals surface area (Å²) in [6.45, 7) is 6.28. The van der Waals surface area contributed by atoms with Gasteiger partial charge in [-0.25, -0.2) is 4.98 Å². The maximum atomic E-state index is 12.2. The van der Waals surface area contributed by atoms with Crippen LogP contribution in [0.4, 0.5) is 0 Å². The third-order valence-electron chi connectivity index (χ3n) is 4.09. The van der Waals surface area contributed by atoms with Crippen LogP contribution in [0.3, 0.4) is 0 Å². The van der Waals surface area contributed by atoms with Gasteiger partial charge in [0, 0.05) is 17.3 Å². The molecular formula is C20H26N2O4S. The molecule has 1 atom stereocenters. The molecule has 146 valence electrons. The summed E-state index contributed by atoms with van der Waals surface area (Å²) in [6, 6.07) is 7.30. The summed E-state index contributed by atoms with van der Waals surface area (Å²) in [5, 5.41) is 15.1. The first-order valence-corrected chi connectivity index (χ1v) is 9.65. The Balaban J connectivity index is 1.94. The lowest BCUT2D eigenvalue weighted by Crippen LogP contribution is -2.35. The molecule has 6 nitrogen and oxygen atoms in total. The quantitative estimate of drug-likeness (QED) is 0.723. The molecule has 1 heterocycles. The van der Waals surface area contributed by atoms with Gasteiger partial charge in [0.1, 0.15) is 5.75 Å². The molecule has 1 amide bonds. The number of thiazole rings is 1. The van der Waals surface area contributed by atoms with Gasteiger partial charge in [0.05, 0.1) is 30.2 Å². The number of carboxylic acids is 1. The fraction of sp³-hybridized carbons (Fsp3) is 0.450. The smallest absolute Gasteiger partial charge is 0.308 e. The van der Waals surface area contributed by atoms with Crippen molar-refractivity contribution in [2.75, 3.05) is 13.7 Å². The van der Waals surface area contributed by atoms with Crippen LogP contribution in [0.15, 0.2) is 29.6 Å². The Labute approximate surface area is 163 Å². The molecule has 1 aromatic carbocycles. The molecular weight excluding hydrogens is 364 g/mol. The van der Waals surface area contributed by atoms with Crippen LogP contribution < -0.4 is 10.1 Å². The lowest BCUT2D eigenvalue weighted by molar-refractivity contribution is -0.141. The average molecular weight is 391 g/mol. The van der Waals surface area contributed by atoms with Crippen molar-refractivity contribution in [3.05, 3.63) is 45.9 Å². The van der Waals surface area contributed by atoms with Crippen LogP contribution in [0, 0.1) is 5.92 Å². The maximum absolute atomic E-state index is 12.2. The maximum Gasteiger partial charge on any atom is 0.308 e. The predicted molar refractivity (Wildman–Crippen MR) is 105 cm³/mol. The van der Waals surface area contributed by atoms with Crippen molar-refractivity contribution in [3.8, 4) is 5.75 Å². The molecule has 7 heteroatoms. The molecule has 0 aliphatic rings. The van der Waals surface area contributed by atoms with Crippen LogP contribution in [0.25, 0.3) is 0 Å². The van der Waals surface area contributed by atoms with Crippen molar-refractivity contribution in [1.29, 1.82) is 0 Å². The van der Waals surface area contributed by atoms with E-state index >= 15 is 0 Å². The van der Waals surface area contributed by atoms with E-state index in [0.717, 1.165) is 10.6 Å². The van der Waals surface area contributed by atoms with Crippen LogP contribution in [-0.2, 0) is 27.8 Å². The topological polar surface area (TPSA) is 88.5 Å².